The van der Waals surface area contributed by atoms with Gasteiger partial charge in [0, 0.05) is 6.42 Å². The summed E-state index contributed by atoms with van der Waals surface area (Å²) in [6.45, 7) is 1.02. The molecule has 0 unspecified atom stereocenters. The second-order valence-corrected chi connectivity index (χ2v) is 3.73. The number of nitrogens with zero attached hydrogens (tertiary/aromatic N) is 1. The first-order valence-corrected chi connectivity index (χ1v) is 5.56. The number of para-hydroxylation sites is 1. The molecule has 5 nitrogen and oxygen atoms in total. The molecule has 1 heterocycles. The predicted octanol–water partition coefficient (Wildman–Crippen LogP) is 1.97. The van der Waals surface area contributed by atoms with E-state index in [1.165, 1.54) is 0 Å². The molecule has 0 saturated carbocycles. The number of benzene rings is 1. The van der Waals surface area contributed by atoms with Crippen LogP contribution < -0.4 is 14.4 Å². The van der Waals surface area contributed by atoms with Crippen molar-refractivity contribution >= 4 is 11.8 Å². The quantitative estimate of drug-likeness (QED) is 0.812. The molecule has 0 saturated heterocycles. The van der Waals surface area contributed by atoms with Gasteiger partial charge < -0.3 is 14.6 Å². The number of amides is 1. The molecule has 18 heavy (non-hydrogen) atoms. The summed E-state index contributed by atoms with van der Waals surface area (Å²) in [5, 5.41) is 9.16. The third-order valence-electron chi connectivity index (χ3n) is 2.52. The van der Waals surface area contributed by atoms with Crippen LogP contribution in [0.25, 0.3) is 0 Å². The number of hydrogen-bond acceptors (Lipinski definition) is 3. The number of fused-ring (bicyclic) bond motifs is 1. The van der Waals surface area contributed by atoms with Crippen molar-refractivity contribution in [1.29, 1.82) is 0 Å². The number of hydrogen-bond donors (Lipinski definition) is 1. The van der Waals surface area contributed by atoms with Gasteiger partial charge in [-0.15, -0.1) is 6.42 Å². The van der Waals surface area contributed by atoms with Crippen LogP contribution in [0.3, 0.4) is 0 Å². The molecular weight excluding hydrogens is 234 g/mol. The van der Waals surface area contributed by atoms with Crippen molar-refractivity contribution < 1.29 is 19.4 Å². The molecule has 5 heteroatoms. The van der Waals surface area contributed by atoms with Crippen molar-refractivity contribution in [2.45, 2.75) is 6.42 Å². The number of carboxylic acid groups (broad SMARTS) is 1. The maximum Gasteiger partial charge on any atom is 0.412 e. The van der Waals surface area contributed by atoms with E-state index in [-0.39, 0.29) is 6.54 Å². The lowest BCUT2D eigenvalue weighted by Gasteiger charge is -2.20. The van der Waals surface area contributed by atoms with Gasteiger partial charge in [0.05, 0.1) is 25.4 Å². The highest BCUT2D eigenvalue weighted by Crippen LogP contribution is 2.39. The summed E-state index contributed by atoms with van der Waals surface area (Å²) in [6, 6.07) is 5.12. The molecule has 0 spiro atoms. The lowest BCUT2D eigenvalue weighted by atomic mass is 10.2. The Hall–Kier alpha value is -2.35. The minimum Gasteiger partial charge on any atom is -0.489 e. The summed E-state index contributed by atoms with van der Waals surface area (Å²) in [7, 11) is 0. The number of ether oxygens (including phenoxy) is 2. The van der Waals surface area contributed by atoms with Crippen LogP contribution >= 0.6 is 0 Å². The van der Waals surface area contributed by atoms with Crippen LogP contribution in [0.4, 0.5) is 10.5 Å². The van der Waals surface area contributed by atoms with Crippen molar-refractivity contribution in [3.8, 4) is 23.8 Å². The van der Waals surface area contributed by atoms with Crippen LogP contribution in [0.2, 0.25) is 0 Å². The van der Waals surface area contributed by atoms with Gasteiger partial charge in [0.2, 0.25) is 0 Å². The molecule has 1 aliphatic rings. The fourth-order valence-electron chi connectivity index (χ4n) is 1.74. The number of rotatable bonds is 2. The molecule has 94 valence electrons. The van der Waals surface area contributed by atoms with E-state index in [1.54, 1.807) is 18.2 Å². The van der Waals surface area contributed by atoms with Crippen molar-refractivity contribution in [1.82, 2.24) is 0 Å². The third kappa shape index (κ3) is 2.33. The van der Waals surface area contributed by atoms with Crippen molar-refractivity contribution in [2.24, 2.45) is 0 Å². The zero-order valence-electron chi connectivity index (χ0n) is 9.76. The van der Waals surface area contributed by atoms with Gasteiger partial charge in [-0.05, 0) is 12.1 Å². The second kappa shape index (κ2) is 5.32. The minimum atomic E-state index is -1.12. The largest absolute Gasteiger partial charge is 0.489 e. The summed E-state index contributed by atoms with van der Waals surface area (Å²) in [6.07, 6.45) is 4.83. The van der Waals surface area contributed by atoms with E-state index in [4.69, 9.17) is 21.0 Å². The van der Waals surface area contributed by atoms with Gasteiger partial charge in [-0.3, -0.25) is 4.90 Å². The lowest BCUT2D eigenvalue weighted by molar-refractivity contribution is 0.202. The van der Waals surface area contributed by atoms with Crippen molar-refractivity contribution in [3.63, 3.8) is 0 Å². The normalized spacial score (nSPS) is 13.3. The molecule has 1 aromatic rings. The fraction of sp³-hybridized carbons (Fsp3) is 0.308. The molecule has 1 amide bonds. The Kier molecular flexibility index (Phi) is 3.58. The van der Waals surface area contributed by atoms with E-state index in [1.807, 2.05) is 0 Å². The van der Waals surface area contributed by atoms with Gasteiger partial charge in [0.15, 0.2) is 11.5 Å². The topological polar surface area (TPSA) is 59.0 Å². The first kappa shape index (κ1) is 12.1. The molecule has 0 aliphatic carbocycles. The van der Waals surface area contributed by atoms with Crippen molar-refractivity contribution in [3.05, 3.63) is 18.2 Å². The fourth-order valence-corrected chi connectivity index (χ4v) is 1.74. The average Bonchev–Trinajstić information content (AvgIpc) is 2.60. The second-order valence-electron chi connectivity index (χ2n) is 3.73. The summed E-state index contributed by atoms with van der Waals surface area (Å²) >= 11 is 0. The van der Waals surface area contributed by atoms with Gasteiger partial charge in [0.25, 0.3) is 0 Å². The molecule has 0 radical (unpaired) electrons. The predicted molar refractivity (Wildman–Crippen MR) is 66.3 cm³/mol. The average molecular weight is 247 g/mol. The Morgan fingerprint density at radius 3 is 2.94 bits per heavy atom. The molecule has 1 N–H and O–H groups in total. The summed E-state index contributed by atoms with van der Waals surface area (Å²) < 4.78 is 11.1. The number of terminal acetylenes is 1. The number of anilines is 1. The van der Waals surface area contributed by atoms with Gasteiger partial charge in [-0.2, -0.15) is 0 Å². The monoisotopic (exact) mass is 247 g/mol. The van der Waals surface area contributed by atoms with E-state index >= 15 is 0 Å². The van der Waals surface area contributed by atoms with Crippen LogP contribution in [0.5, 0.6) is 11.5 Å². The Balaban J connectivity index is 2.43. The van der Waals surface area contributed by atoms with E-state index in [0.29, 0.717) is 30.4 Å². The van der Waals surface area contributed by atoms with Crippen LogP contribution in [-0.2, 0) is 0 Å². The van der Waals surface area contributed by atoms with Crippen LogP contribution in [0, 0.1) is 12.3 Å². The third-order valence-corrected chi connectivity index (χ3v) is 2.52. The van der Waals surface area contributed by atoms with E-state index in [9.17, 15) is 4.79 Å². The molecular formula is C13H13NO4. The molecule has 1 aromatic carbocycles. The standard InChI is InChI=1S/C13H13NO4/c1-2-7-14(13(15)16)10-5-3-6-11-12(10)18-9-4-8-17-11/h1,3,5-6H,4,7-9H2,(H,15,16). The van der Waals surface area contributed by atoms with Gasteiger partial charge >= 0.3 is 6.09 Å². The molecule has 0 aromatic heterocycles. The zero-order chi connectivity index (χ0) is 13.0. The minimum absolute atomic E-state index is 0.0326. The summed E-state index contributed by atoms with van der Waals surface area (Å²) in [5.74, 6) is 3.31. The highest BCUT2D eigenvalue weighted by atomic mass is 16.5. The van der Waals surface area contributed by atoms with Crippen molar-refractivity contribution in [2.75, 3.05) is 24.7 Å². The molecule has 0 bridgehead atoms. The Bertz CT molecular complexity index is 492. The van der Waals surface area contributed by atoms with Gasteiger partial charge in [-0.1, -0.05) is 12.0 Å². The summed E-state index contributed by atoms with van der Waals surface area (Å²) in [4.78, 5) is 12.3. The molecule has 2 rings (SSSR count). The summed E-state index contributed by atoms with van der Waals surface area (Å²) in [5.41, 5.74) is 0.417. The van der Waals surface area contributed by atoms with Crippen LogP contribution in [0.1, 0.15) is 6.42 Å². The Labute approximate surface area is 105 Å². The zero-order valence-corrected chi connectivity index (χ0v) is 9.76. The highest BCUT2D eigenvalue weighted by molar-refractivity contribution is 5.89. The van der Waals surface area contributed by atoms with E-state index in [0.717, 1.165) is 11.3 Å². The SMILES string of the molecule is C#CCN(C(=O)O)c1cccc2c1OCCCO2. The Morgan fingerprint density at radius 2 is 2.22 bits per heavy atom. The number of carbonyl (C=O) groups is 1. The molecule has 1 aliphatic heterocycles. The highest BCUT2D eigenvalue weighted by Gasteiger charge is 2.22. The van der Waals surface area contributed by atoms with Gasteiger partial charge in [0.1, 0.15) is 0 Å². The van der Waals surface area contributed by atoms with Crippen LogP contribution in [0.15, 0.2) is 18.2 Å². The Morgan fingerprint density at radius 1 is 1.44 bits per heavy atom. The maximum absolute atomic E-state index is 11.2. The van der Waals surface area contributed by atoms with Crippen LogP contribution in [-0.4, -0.2) is 31.0 Å². The molecule has 0 fully saturated rings. The van der Waals surface area contributed by atoms with E-state index < -0.39 is 6.09 Å². The van der Waals surface area contributed by atoms with Gasteiger partial charge in [-0.25, -0.2) is 4.79 Å². The maximum atomic E-state index is 11.2. The molecule has 0 atom stereocenters. The smallest absolute Gasteiger partial charge is 0.412 e. The first-order chi connectivity index (χ1) is 8.74. The lowest BCUT2D eigenvalue weighted by Crippen LogP contribution is -2.29. The van der Waals surface area contributed by atoms with E-state index in [2.05, 4.69) is 5.92 Å². The first-order valence-electron chi connectivity index (χ1n) is 5.56.